The van der Waals surface area contributed by atoms with Crippen molar-refractivity contribution in [3.63, 3.8) is 0 Å². The molecule has 0 bridgehead atoms. The summed E-state index contributed by atoms with van der Waals surface area (Å²) in [5.41, 5.74) is 3.45. The molecule has 0 radical (unpaired) electrons. The topological polar surface area (TPSA) is 75.0 Å². The minimum Gasteiger partial charge on any atom is -0.493 e. The number of ether oxygens (including phenoxy) is 3. The van der Waals surface area contributed by atoms with E-state index in [4.69, 9.17) is 14.2 Å². The molecule has 2 aliphatic rings. The van der Waals surface area contributed by atoms with Crippen LogP contribution in [0.2, 0.25) is 0 Å². The number of anilines is 1. The molecule has 0 unspecified atom stereocenters. The summed E-state index contributed by atoms with van der Waals surface area (Å²) >= 11 is 1.51. The van der Waals surface area contributed by atoms with Crippen LogP contribution in [-0.4, -0.2) is 37.1 Å². The number of methoxy groups -OCH3 is 1. The molecule has 0 N–H and O–H groups in total. The largest absolute Gasteiger partial charge is 0.493 e. The molecule has 5 rings (SSSR count). The second-order valence-corrected chi connectivity index (χ2v) is 9.88. The van der Waals surface area contributed by atoms with Crippen molar-refractivity contribution in [1.29, 1.82) is 5.26 Å². The zero-order valence-electron chi connectivity index (χ0n) is 21.4. The van der Waals surface area contributed by atoms with E-state index in [0.29, 0.717) is 42.8 Å². The number of hydrogen-bond donors (Lipinski definition) is 0. The van der Waals surface area contributed by atoms with E-state index in [-0.39, 0.29) is 18.2 Å². The Bertz CT molecular complexity index is 1390. The van der Waals surface area contributed by atoms with Crippen LogP contribution < -0.4 is 19.1 Å². The number of carbonyl (C=O) groups is 1. The molecule has 194 valence electrons. The normalized spacial score (nSPS) is 17.1. The standard InChI is InChI=1S/C30H29N3O4S/c1-3-36-26-12-8-7-11-25(26)32-19-33-29(34)16-23(24(17-31)30(33)38-20-32)22-13-14-27(28(15-22)35-2)37-18-21-9-5-4-6-10-21/h4-15,23H,3,16,18-20H2,1-2H3/t23-/m1/s1. The number of para-hydroxylation sites is 2. The zero-order valence-corrected chi connectivity index (χ0v) is 22.2. The zero-order chi connectivity index (χ0) is 26.5. The molecule has 3 aromatic rings. The van der Waals surface area contributed by atoms with E-state index in [9.17, 15) is 10.1 Å². The summed E-state index contributed by atoms with van der Waals surface area (Å²) in [6.45, 7) is 3.30. The van der Waals surface area contributed by atoms with Gasteiger partial charge in [-0.2, -0.15) is 5.26 Å². The molecule has 1 saturated heterocycles. The summed E-state index contributed by atoms with van der Waals surface area (Å²) in [7, 11) is 1.59. The molecular formula is C30H29N3O4S. The van der Waals surface area contributed by atoms with Crippen LogP contribution in [0.25, 0.3) is 0 Å². The van der Waals surface area contributed by atoms with E-state index >= 15 is 0 Å². The quantitative estimate of drug-likeness (QED) is 0.361. The molecule has 2 aliphatic heterocycles. The summed E-state index contributed by atoms with van der Waals surface area (Å²) in [5, 5.41) is 10.9. The number of amides is 1. The van der Waals surface area contributed by atoms with Gasteiger partial charge in [-0.25, -0.2) is 0 Å². The summed E-state index contributed by atoms with van der Waals surface area (Å²) in [6, 6.07) is 25.8. The van der Waals surface area contributed by atoms with Crippen LogP contribution >= 0.6 is 11.8 Å². The first-order valence-corrected chi connectivity index (χ1v) is 13.5. The smallest absolute Gasteiger partial charge is 0.229 e. The Hall–Kier alpha value is -4.09. The molecule has 3 aromatic carbocycles. The fourth-order valence-electron chi connectivity index (χ4n) is 4.75. The fraction of sp³-hybridized carbons (Fsp3) is 0.267. The number of nitrogens with zero attached hydrogens (tertiary/aromatic N) is 3. The Labute approximate surface area is 227 Å². The first kappa shape index (κ1) is 25.6. The minimum absolute atomic E-state index is 0.0153. The summed E-state index contributed by atoms with van der Waals surface area (Å²) < 4.78 is 17.4. The minimum atomic E-state index is -0.342. The third-order valence-corrected chi connectivity index (χ3v) is 7.78. The third-order valence-electron chi connectivity index (χ3n) is 6.63. The second-order valence-electron chi connectivity index (χ2n) is 8.95. The summed E-state index contributed by atoms with van der Waals surface area (Å²) in [6.07, 6.45) is 0.210. The van der Waals surface area contributed by atoms with Crippen molar-refractivity contribution in [3.05, 3.63) is 94.5 Å². The lowest BCUT2D eigenvalue weighted by atomic mass is 9.86. The number of benzene rings is 3. The van der Waals surface area contributed by atoms with Gasteiger partial charge in [0, 0.05) is 12.3 Å². The van der Waals surface area contributed by atoms with Crippen molar-refractivity contribution in [1.82, 2.24) is 4.90 Å². The number of nitriles is 1. The Morgan fingerprint density at radius 1 is 1.00 bits per heavy atom. The van der Waals surface area contributed by atoms with Crippen molar-refractivity contribution >= 4 is 23.4 Å². The van der Waals surface area contributed by atoms with Crippen molar-refractivity contribution in [2.75, 3.05) is 31.2 Å². The van der Waals surface area contributed by atoms with Gasteiger partial charge in [0.25, 0.3) is 0 Å². The van der Waals surface area contributed by atoms with E-state index in [0.717, 1.165) is 27.6 Å². The highest BCUT2D eigenvalue weighted by Crippen LogP contribution is 2.45. The first-order chi connectivity index (χ1) is 18.6. The molecule has 7 nitrogen and oxygen atoms in total. The van der Waals surface area contributed by atoms with Crippen molar-refractivity contribution in [2.24, 2.45) is 0 Å². The number of allylic oxidation sites excluding steroid dienone is 1. The number of carbonyl (C=O) groups excluding carboxylic acids is 1. The van der Waals surface area contributed by atoms with Crippen LogP contribution in [0.5, 0.6) is 17.2 Å². The van der Waals surface area contributed by atoms with Gasteiger partial charge in [-0.05, 0) is 42.3 Å². The fourth-order valence-corrected chi connectivity index (χ4v) is 5.91. The maximum absolute atomic E-state index is 13.4. The average molecular weight is 528 g/mol. The first-order valence-electron chi connectivity index (χ1n) is 12.5. The lowest BCUT2D eigenvalue weighted by molar-refractivity contribution is -0.129. The van der Waals surface area contributed by atoms with E-state index in [1.54, 1.807) is 12.0 Å². The van der Waals surface area contributed by atoms with Crippen LogP contribution in [0.1, 0.15) is 30.4 Å². The van der Waals surface area contributed by atoms with E-state index in [1.807, 2.05) is 79.7 Å². The molecule has 0 spiro atoms. The lowest BCUT2D eigenvalue weighted by Crippen LogP contribution is -2.47. The molecule has 1 atom stereocenters. The monoisotopic (exact) mass is 527 g/mol. The summed E-state index contributed by atoms with van der Waals surface area (Å²) in [5.74, 6) is 2.23. The third kappa shape index (κ3) is 5.15. The predicted octanol–water partition coefficient (Wildman–Crippen LogP) is 5.89. The van der Waals surface area contributed by atoms with Gasteiger partial charge in [0.1, 0.15) is 12.4 Å². The number of rotatable bonds is 8. The highest BCUT2D eigenvalue weighted by molar-refractivity contribution is 8.03. The number of fused-ring (bicyclic) bond motifs is 1. The lowest BCUT2D eigenvalue weighted by Gasteiger charge is -2.42. The molecule has 0 aromatic heterocycles. The van der Waals surface area contributed by atoms with E-state index in [1.165, 1.54) is 11.8 Å². The highest BCUT2D eigenvalue weighted by Gasteiger charge is 2.39. The molecule has 1 fully saturated rings. The maximum Gasteiger partial charge on any atom is 0.229 e. The SMILES string of the molecule is CCOc1ccccc1N1CSC2=C(C#N)[C@@H](c3ccc(OCc4ccccc4)c(OC)c3)CC(=O)N2C1. The predicted molar refractivity (Wildman–Crippen MR) is 148 cm³/mol. The Morgan fingerprint density at radius 2 is 1.79 bits per heavy atom. The van der Waals surface area contributed by atoms with Gasteiger partial charge in [-0.15, -0.1) is 0 Å². The van der Waals surface area contributed by atoms with Gasteiger partial charge in [-0.3, -0.25) is 9.69 Å². The van der Waals surface area contributed by atoms with E-state index in [2.05, 4.69) is 11.0 Å². The molecule has 8 heteroatoms. The van der Waals surface area contributed by atoms with E-state index < -0.39 is 0 Å². The Balaban J connectivity index is 1.39. The molecule has 1 amide bonds. The van der Waals surface area contributed by atoms with Crippen LogP contribution in [-0.2, 0) is 11.4 Å². The number of hydrogen-bond acceptors (Lipinski definition) is 7. The van der Waals surface area contributed by atoms with Gasteiger partial charge in [0.2, 0.25) is 5.91 Å². The van der Waals surface area contributed by atoms with Crippen molar-refractivity contribution in [2.45, 2.75) is 25.9 Å². The molecule has 38 heavy (non-hydrogen) atoms. The van der Waals surface area contributed by atoms with Gasteiger partial charge < -0.3 is 19.1 Å². The van der Waals surface area contributed by atoms with Crippen molar-refractivity contribution < 1.29 is 19.0 Å². The van der Waals surface area contributed by atoms with Gasteiger partial charge >= 0.3 is 0 Å². The number of thioether (sulfide) groups is 1. The van der Waals surface area contributed by atoms with Crippen LogP contribution in [0.3, 0.4) is 0 Å². The molecule has 2 heterocycles. The van der Waals surface area contributed by atoms with Crippen molar-refractivity contribution in [3.8, 4) is 23.3 Å². The van der Waals surface area contributed by atoms with Crippen LogP contribution in [0.4, 0.5) is 5.69 Å². The van der Waals surface area contributed by atoms with Crippen LogP contribution in [0, 0.1) is 11.3 Å². The molecule has 0 saturated carbocycles. The van der Waals surface area contributed by atoms with Gasteiger partial charge in [0.15, 0.2) is 11.5 Å². The average Bonchev–Trinajstić information content (AvgIpc) is 2.97. The summed E-state index contributed by atoms with van der Waals surface area (Å²) in [4.78, 5) is 17.2. The second kappa shape index (κ2) is 11.5. The van der Waals surface area contributed by atoms with Crippen LogP contribution in [0.15, 0.2) is 83.4 Å². The Kier molecular flexibility index (Phi) is 7.75. The van der Waals surface area contributed by atoms with Gasteiger partial charge in [-0.1, -0.05) is 60.3 Å². The van der Waals surface area contributed by atoms with Gasteiger partial charge in [0.05, 0.1) is 48.6 Å². The maximum atomic E-state index is 13.4. The molecule has 0 aliphatic carbocycles. The highest BCUT2D eigenvalue weighted by atomic mass is 32.2. The Morgan fingerprint density at radius 3 is 2.55 bits per heavy atom. The molecular weight excluding hydrogens is 498 g/mol.